The van der Waals surface area contributed by atoms with E-state index in [0.717, 1.165) is 25.2 Å². The van der Waals surface area contributed by atoms with E-state index >= 15 is 0 Å². The Morgan fingerprint density at radius 3 is 2.44 bits per heavy atom. The molecule has 18 heavy (non-hydrogen) atoms. The highest BCUT2D eigenvalue weighted by molar-refractivity contribution is 5.87. The lowest BCUT2D eigenvalue weighted by Gasteiger charge is -2.20. The van der Waals surface area contributed by atoms with Crippen LogP contribution in [0.1, 0.15) is 29.8 Å². The lowest BCUT2D eigenvalue weighted by Crippen LogP contribution is -2.33. The lowest BCUT2D eigenvalue weighted by molar-refractivity contribution is 0.0697. The van der Waals surface area contributed by atoms with Crippen molar-refractivity contribution in [2.75, 3.05) is 20.1 Å². The molecule has 0 bridgehead atoms. The summed E-state index contributed by atoms with van der Waals surface area (Å²) < 4.78 is 0. The highest BCUT2D eigenvalue weighted by atomic mass is 16.4. The van der Waals surface area contributed by atoms with Gasteiger partial charge < -0.3 is 15.3 Å². The average Bonchev–Trinajstić information content (AvgIpc) is 2.34. The van der Waals surface area contributed by atoms with E-state index < -0.39 is 5.97 Å². The molecule has 0 fully saturated rings. The summed E-state index contributed by atoms with van der Waals surface area (Å²) in [5, 5.41) is 12.1. The molecule has 0 aliphatic heterocycles. The summed E-state index contributed by atoms with van der Waals surface area (Å²) in [4.78, 5) is 13.0. The van der Waals surface area contributed by atoms with E-state index in [9.17, 15) is 4.79 Å². The van der Waals surface area contributed by atoms with E-state index in [0.29, 0.717) is 11.6 Å². The summed E-state index contributed by atoms with van der Waals surface area (Å²) >= 11 is 0. The van der Waals surface area contributed by atoms with Gasteiger partial charge >= 0.3 is 5.97 Å². The molecule has 0 aliphatic carbocycles. The second kappa shape index (κ2) is 7.13. The number of likely N-dealkylation sites (N-methyl/N-ethyl adjacent to an activating group) is 1. The van der Waals surface area contributed by atoms with E-state index in [4.69, 9.17) is 5.11 Å². The zero-order chi connectivity index (χ0) is 13.5. The van der Waals surface area contributed by atoms with Crippen LogP contribution in [0.15, 0.2) is 24.3 Å². The first kappa shape index (κ1) is 14.7. The van der Waals surface area contributed by atoms with Crippen molar-refractivity contribution in [2.24, 2.45) is 0 Å². The first-order chi connectivity index (χ1) is 8.50. The number of carboxylic acids is 1. The maximum Gasteiger partial charge on any atom is 0.335 e. The minimum atomic E-state index is -0.881. The number of nitrogens with one attached hydrogen (secondary N) is 1. The summed E-state index contributed by atoms with van der Waals surface area (Å²) in [6.07, 6.45) is 0. The molecule has 0 saturated heterocycles. The summed E-state index contributed by atoms with van der Waals surface area (Å²) in [7, 11) is 2.11. The van der Waals surface area contributed by atoms with Gasteiger partial charge in [0.15, 0.2) is 0 Å². The Bertz CT molecular complexity index is 374. The fourth-order valence-corrected chi connectivity index (χ4v) is 1.51. The van der Waals surface area contributed by atoms with Gasteiger partial charge in [-0.1, -0.05) is 12.1 Å². The third-order valence-corrected chi connectivity index (χ3v) is 3.05. The first-order valence-corrected chi connectivity index (χ1v) is 6.24. The molecule has 0 aromatic heterocycles. The number of carbonyl (C=O) groups is 1. The molecule has 0 saturated carbocycles. The minimum absolute atomic E-state index is 0.332. The molecule has 0 heterocycles. The Labute approximate surface area is 109 Å². The third-order valence-electron chi connectivity index (χ3n) is 3.05. The number of aromatic carboxylic acids is 1. The molecular weight excluding hydrogens is 228 g/mol. The monoisotopic (exact) mass is 250 g/mol. The van der Waals surface area contributed by atoms with Crippen molar-refractivity contribution in [1.29, 1.82) is 0 Å². The zero-order valence-electron chi connectivity index (χ0n) is 11.3. The van der Waals surface area contributed by atoms with Crippen LogP contribution in [0.25, 0.3) is 0 Å². The third kappa shape index (κ3) is 4.85. The topological polar surface area (TPSA) is 52.6 Å². The van der Waals surface area contributed by atoms with E-state index in [1.54, 1.807) is 12.1 Å². The van der Waals surface area contributed by atoms with Gasteiger partial charge in [-0.05, 0) is 38.6 Å². The van der Waals surface area contributed by atoms with Crippen molar-refractivity contribution in [2.45, 2.75) is 26.4 Å². The smallest absolute Gasteiger partial charge is 0.335 e. The highest BCUT2D eigenvalue weighted by Crippen LogP contribution is 2.04. The molecule has 0 atom stereocenters. The van der Waals surface area contributed by atoms with Crippen molar-refractivity contribution in [3.8, 4) is 0 Å². The van der Waals surface area contributed by atoms with Gasteiger partial charge in [-0.3, -0.25) is 0 Å². The molecule has 0 aliphatic rings. The number of carboxylic acid groups (broad SMARTS) is 1. The van der Waals surface area contributed by atoms with Crippen LogP contribution in [0.3, 0.4) is 0 Å². The Hall–Kier alpha value is -1.39. The van der Waals surface area contributed by atoms with Gasteiger partial charge in [0.25, 0.3) is 0 Å². The van der Waals surface area contributed by atoms with Crippen LogP contribution in [-0.2, 0) is 6.54 Å². The van der Waals surface area contributed by atoms with Crippen LogP contribution >= 0.6 is 0 Å². The van der Waals surface area contributed by atoms with Crippen molar-refractivity contribution < 1.29 is 9.90 Å². The van der Waals surface area contributed by atoms with Crippen LogP contribution < -0.4 is 5.32 Å². The molecule has 1 aromatic carbocycles. The normalized spacial score (nSPS) is 11.2. The number of benzene rings is 1. The second-order valence-corrected chi connectivity index (χ2v) is 4.75. The average molecular weight is 250 g/mol. The Kier molecular flexibility index (Phi) is 5.82. The number of hydrogen-bond donors (Lipinski definition) is 2. The molecule has 1 aromatic rings. The molecule has 1 rings (SSSR count). The standard InChI is InChI=1S/C14H22N2O2/c1-11(2)16(3)9-8-15-10-12-4-6-13(7-5-12)14(17)18/h4-7,11,15H,8-10H2,1-3H3,(H,17,18). The second-order valence-electron chi connectivity index (χ2n) is 4.75. The van der Waals surface area contributed by atoms with E-state index in [-0.39, 0.29) is 0 Å². The van der Waals surface area contributed by atoms with Gasteiger partial charge in [0, 0.05) is 25.7 Å². The lowest BCUT2D eigenvalue weighted by atomic mass is 10.1. The van der Waals surface area contributed by atoms with E-state index in [1.807, 2.05) is 12.1 Å². The minimum Gasteiger partial charge on any atom is -0.478 e. The van der Waals surface area contributed by atoms with Crippen LogP contribution in [0.2, 0.25) is 0 Å². The van der Waals surface area contributed by atoms with Gasteiger partial charge in [0.2, 0.25) is 0 Å². The summed E-state index contributed by atoms with van der Waals surface area (Å²) in [5.41, 5.74) is 1.44. The molecule has 0 unspecified atom stereocenters. The van der Waals surface area contributed by atoms with Gasteiger partial charge in [-0.25, -0.2) is 4.79 Å². The van der Waals surface area contributed by atoms with Crippen LogP contribution in [0.5, 0.6) is 0 Å². The molecule has 0 radical (unpaired) electrons. The SMILES string of the molecule is CC(C)N(C)CCNCc1ccc(C(=O)O)cc1. The largest absolute Gasteiger partial charge is 0.478 e. The summed E-state index contributed by atoms with van der Waals surface area (Å²) in [6, 6.07) is 7.53. The van der Waals surface area contributed by atoms with Crippen LogP contribution in [-0.4, -0.2) is 42.2 Å². The van der Waals surface area contributed by atoms with Crippen LogP contribution in [0, 0.1) is 0 Å². The van der Waals surface area contributed by atoms with Gasteiger partial charge in [-0.2, -0.15) is 0 Å². The first-order valence-electron chi connectivity index (χ1n) is 6.24. The molecule has 100 valence electrons. The van der Waals surface area contributed by atoms with E-state index in [1.165, 1.54) is 0 Å². The Morgan fingerprint density at radius 2 is 1.94 bits per heavy atom. The van der Waals surface area contributed by atoms with Crippen molar-refractivity contribution in [1.82, 2.24) is 10.2 Å². The molecule has 2 N–H and O–H groups in total. The molecule has 4 heteroatoms. The molecule has 0 amide bonds. The van der Waals surface area contributed by atoms with Gasteiger partial charge in [0.05, 0.1) is 5.56 Å². The van der Waals surface area contributed by atoms with Crippen molar-refractivity contribution >= 4 is 5.97 Å². The zero-order valence-corrected chi connectivity index (χ0v) is 11.3. The number of nitrogens with zero attached hydrogens (tertiary/aromatic N) is 1. The maximum atomic E-state index is 10.7. The predicted molar refractivity (Wildman–Crippen MR) is 72.9 cm³/mol. The van der Waals surface area contributed by atoms with Crippen molar-refractivity contribution in [3.05, 3.63) is 35.4 Å². The molecular formula is C14H22N2O2. The van der Waals surface area contributed by atoms with E-state index in [2.05, 4.69) is 31.1 Å². The molecule has 4 nitrogen and oxygen atoms in total. The fourth-order valence-electron chi connectivity index (χ4n) is 1.51. The van der Waals surface area contributed by atoms with Gasteiger partial charge in [0.1, 0.15) is 0 Å². The van der Waals surface area contributed by atoms with Crippen LogP contribution in [0.4, 0.5) is 0 Å². The quantitative estimate of drug-likeness (QED) is 0.725. The predicted octanol–water partition coefficient (Wildman–Crippen LogP) is 1.81. The van der Waals surface area contributed by atoms with Gasteiger partial charge in [-0.15, -0.1) is 0 Å². The fraction of sp³-hybridized carbons (Fsp3) is 0.500. The van der Waals surface area contributed by atoms with Crippen molar-refractivity contribution in [3.63, 3.8) is 0 Å². The Morgan fingerprint density at radius 1 is 1.33 bits per heavy atom. The maximum absolute atomic E-state index is 10.7. The number of rotatable bonds is 7. The molecule has 0 spiro atoms. The summed E-state index contributed by atoms with van der Waals surface area (Å²) in [6.45, 7) is 7.04. The highest BCUT2D eigenvalue weighted by Gasteiger charge is 2.03. The summed E-state index contributed by atoms with van der Waals surface area (Å²) in [5.74, 6) is -0.881. The number of hydrogen-bond acceptors (Lipinski definition) is 3. The Balaban J connectivity index is 2.29.